The molecular weight excluding hydrogens is 554 g/mol. The second-order valence-corrected chi connectivity index (χ2v) is 13.6. The normalized spacial score (nSPS) is 21.9. The Labute approximate surface area is 259 Å². The van der Waals surface area contributed by atoms with E-state index < -0.39 is 34.5 Å². The Morgan fingerprint density at radius 1 is 0.477 bits per heavy atom. The molecule has 0 aliphatic carbocycles. The molecule has 4 N–H and O–H groups in total. The lowest BCUT2D eigenvalue weighted by Crippen LogP contribution is -2.52. The van der Waals surface area contributed by atoms with Crippen LogP contribution in [-0.2, 0) is 0 Å². The summed E-state index contributed by atoms with van der Waals surface area (Å²) in [7, 11) is 0. The van der Waals surface area contributed by atoms with E-state index in [0.717, 1.165) is 33.4 Å². The number of nitrogens with zero attached hydrogens (tertiary/aromatic N) is 5. The summed E-state index contributed by atoms with van der Waals surface area (Å²) in [6, 6.07) is 16.8. The highest BCUT2D eigenvalue weighted by molar-refractivity contribution is 5.48. The third kappa shape index (κ3) is 5.12. The van der Waals surface area contributed by atoms with Crippen molar-refractivity contribution in [2.45, 2.75) is 89.9 Å². The minimum Gasteiger partial charge on any atom is -0.311 e. The fraction of sp³-hybridized carbons (Fsp3) is 0.400. The third-order valence-corrected chi connectivity index (χ3v) is 10.1. The molecule has 9 nitrogen and oxygen atoms in total. The van der Waals surface area contributed by atoms with Crippen LogP contribution in [0.4, 0.5) is 0 Å². The molecule has 0 bridgehead atoms. The van der Waals surface area contributed by atoms with Crippen LogP contribution in [-0.4, -0.2) is 68.2 Å². The van der Waals surface area contributed by atoms with E-state index in [1.165, 1.54) is 20.3 Å². The number of benzene rings is 2. The van der Waals surface area contributed by atoms with Gasteiger partial charge in [-0.15, -0.1) is 0 Å². The van der Waals surface area contributed by atoms with Crippen molar-refractivity contribution < 1.29 is 20.8 Å². The Morgan fingerprint density at radius 3 is 1.05 bits per heavy atom. The van der Waals surface area contributed by atoms with E-state index in [1.54, 1.807) is 12.4 Å². The molecule has 1 aromatic heterocycles. The molecule has 9 heteroatoms. The highest BCUT2D eigenvalue weighted by atomic mass is 16.6. The summed E-state index contributed by atoms with van der Waals surface area (Å²) in [6.45, 7) is 15.2. The number of hydroxylamine groups is 8. The monoisotopic (exact) mass is 595 g/mol. The van der Waals surface area contributed by atoms with E-state index >= 15 is 0 Å². The van der Waals surface area contributed by atoms with E-state index in [4.69, 9.17) is 0 Å². The van der Waals surface area contributed by atoms with Gasteiger partial charge in [0.2, 0.25) is 0 Å². The van der Waals surface area contributed by atoms with Crippen molar-refractivity contribution >= 4 is 0 Å². The molecule has 0 unspecified atom stereocenters. The smallest absolute Gasteiger partial charge is 0.136 e. The minimum absolute atomic E-state index is 0.663. The molecule has 44 heavy (non-hydrogen) atoms. The maximum absolute atomic E-state index is 10.8. The minimum atomic E-state index is -0.687. The summed E-state index contributed by atoms with van der Waals surface area (Å²) in [5, 5.41) is 48.0. The molecule has 0 amide bonds. The van der Waals surface area contributed by atoms with Crippen molar-refractivity contribution in [3.05, 3.63) is 100 Å². The molecule has 3 heterocycles. The van der Waals surface area contributed by atoms with Crippen LogP contribution in [0.15, 0.2) is 67.0 Å². The number of pyridine rings is 1. The standard InChI is InChI=1S/C35H41N5O4/c1-32(2)33(3,4)38(42)30(37(32)41)28-17-13-24(14-18-28)9-11-26-21-27(23-36-22-26)12-10-25-15-19-29(20-16-25)31-39(43)34(5,6)35(7,8)40(31)44/h13-23,30-31,41-44H,1-8H3. The molecule has 230 valence electrons. The van der Waals surface area contributed by atoms with Gasteiger partial charge in [0.1, 0.15) is 12.3 Å². The van der Waals surface area contributed by atoms with Gasteiger partial charge in [-0.05, 0) is 96.8 Å². The summed E-state index contributed by atoms with van der Waals surface area (Å²) in [6.07, 6.45) is 1.99. The first-order valence-electron chi connectivity index (χ1n) is 14.6. The third-order valence-electron chi connectivity index (χ3n) is 10.1. The largest absolute Gasteiger partial charge is 0.311 e. The number of rotatable bonds is 2. The molecule has 5 rings (SSSR count). The van der Waals surface area contributed by atoms with Crippen LogP contribution in [0.25, 0.3) is 0 Å². The van der Waals surface area contributed by atoms with Crippen LogP contribution in [0.5, 0.6) is 0 Å². The molecule has 2 fully saturated rings. The zero-order valence-corrected chi connectivity index (χ0v) is 26.5. The van der Waals surface area contributed by atoms with Crippen LogP contribution in [0.1, 0.15) is 101 Å². The molecule has 0 atom stereocenters. The molecule has 0 radical (unpaired) electrons. The summed E-state index contributed by atoms with van der Waals surface area (Å²) >= 11 is 0. The molecular formula is C35H41N5O4. The summed E-state index contributed by atoms with van der Waals surface area (Å²) < 4.78 is 0. The highest BCUT2D eigenvalue weighted by Crippen LogP contribution is 2.48. The van der Waals surface area contributed by atoms with Gasteiger partial charge in [-0.25, -0.2) is 0 Å². The topological polar surface area (TPSA) is 107 Å². The van der Waals surface area contributed by atoms with Crippen molar-refractivity contribution in [1.29, 1.82) is 0 Å². The fourth-order valence-corrected chi connectivity index (χ4v) is 5.46. The molecule has 0 spiro atoms. The zero-order valence-electron chi connectivity index (χ0n) is 26.5. The molecule has 2 aliphatic heterocycles. The van der Waals surface area contributed by atoms with Crippen molar-refractivity contribution in [1.82, 2.24) is 25.2 Å². The predicted molar refractivity (Wildman–Crippen MR) is 165 cm³/mol. The SMILES string of the molecule is CC1(C)N(O)C(c2ccc(C#Cc3cncc(C#Cc4ccc(C5N(O)C(C)(C)C(C)(C)N5O)cc4)c3)cc2)N(O)C1(C)C. The Bertz CT molecular complexity index is 1500. The Morgan fingerprint density at radius 2 is 0.750 bits per heavy atom. The highest BCUT2D eigenvalue weighted by Gasteiger charge is 2.59. The van der Waals surface area contributed by atoms with Gasteiger partial charge in [0.15, 0.2) is 0 Å². The quantitative estimate of drug-likeness (QED) is 0.274. The van der Waals surface area contributed by atoms with Gasteiger partial charge in [0, 0.05) is 34.6 Å². The zero-order chi connectivity index (χ0) is 32.2. The van der Waals surface area contributed by atoms with Crippen molar-refractivity contribution in [2.24, 2.45) is 0 Å². The maximum Gasteiger partial charge on any atom is 0.136 e. The van der Waals surface area contributed by atoms with E-state index in [2.05, 4.69) is 28.7 Å². The lowest BCUT2D eigenvalue weighted by Gasteiger charge is -2.37. The lowest BCUT2D eigenvalue weighted by molar-refractivity contribution is -0.223. The number of aromatic nitrogens is 1. The predicted octanol–water partition coefficient (Wildman–Crippen LogP) is 5.78. The summed E-state index contributed by atoms with van der Waals surface area (Å²) in [4.78, 5) is 4.29. The molecule has 2 saturated heterocycles. The van der Waals surface area contributed by atoms with Gasteiger partial charge >= 0.3 is 0 Å². The molecule has 0 saturated carbocycles. The van der Waals surface area contributed by atoms with Crippen LogP contribution in [0, 0.1) is 23.7 Å². The van der Waals surface area contributed by atoms with E-state index in [1.807, 2.05) is 110 Å². The van der Waals surface area contributed by atoms with Gasteiger partial charge in [-0.1, -0.05) is 47.9 Å². The second-order valence-electron chi connectivity index (χ2n) is 13.6. The molecule has 2 aromatic carbocycles. The number of hydrogen-bond acceptors (Lipinski definition) is 9. The van der Waals surface area contributed by atoms with Crippen LogP contribution in [0.3, 0.4) is 0 Å². The van der Waals surface area contributed by atoms with Crippen LogP contribution >= 0.6 is 0 Å². The average molecular weight is 596 g/mol. The first-order chi connectivity index (χ1) is 20.5. The van der Waals surface area contributed by atoms with Gasteiger partial charge in [-0.3, -0.25) is 4.98 Å². The number of hydrogen-bond donors (Lipinski definition) is 4. The van der Waals surface area contributed by atoms with E-state index in [9.17, 15) is 20.8 Å². The van der Waals surface area contributed by atoms with E-state index in [0.29, 0.717) is 0 Å². The lowest BCUT2D eigenvalue weighted by atomic mass is 9.84. The van der Waals surface area contributed by atoms with Gasteiger partial charge in [0.05, 0.1) is 22.2 Å². The van der Waals surface area contributed by atoms with Crippen molar-refractivity contribution in [3.63, 3.8) is 0 Å². The average Bonchev–Trinajstić information content (AvgIpc) is 3.19. The second kappa shape index (κ2) is 11.1. The first kappa shape index (κ1) is 31.8. The Kier molecular flexibility index (Phi) is 8.01. The summed E-state index contributed by atoms with van der Waals surface area (Å²) in [5.74, 6) is 12.6. The molecule has 2 aliphatic rings. The molecule has 3 aromatic rings. The Hall–Kier alpha value is -3.61. The van der Waals surface area contributed by atoms with Gasteiger partial charge < -0.3 is 20.8 Å². The maximum atomic E-state index is 10.8. The van der Waals surface area contributed by atoms with Gasteiger partial charge in [0.25, 0.3) is 0 Å². The van der Waals surface area contributed by atoms with E-state index in [-0.39, 0.29) is 0 Å². The first-order valence-corrected chi connectivity index (χ1v) is 14.6. The van der Waals surface area contributed by atoms with Crippen LogP contribution in [0.2, 0.25) is 0 Å². The van der Waals surface area contributed by atoms with Crippen LogP contribution < -0.4 is 0 Å². The van der Waals surface area contributed by atoms with Gasteiger partial charge in [-0.2, -0.15) is 20.3 Å². The fourth-order valence-electron chi connectivity index (χ4n) is 5.46. The summed E-state index contributed by atoms with van der Waals surface area (Å²) in [5.41, 5.74) is 1.86. The Balaban J connectivity index is 1.28. The van der Waals surface area contributed by atoms with Crippen molar-refractivity contribution in [3.8, 4) is 23.7 Å². The van der Waals surface area contributed by atoms with Crippen molar-refractivity contribution in [2.75, 3.05) is 0 Å².